The van der Waals surface area contributed by atoms with Crippen LogP contribution in [0.25, 0.3) is 5.32 Å². The van der Waals surface area contributed by atoms with Gasteiger partial charge < -0.3 is 5.32 Å². The molecule has 68 valence electrons. The molecular formula is C11H18NRb. The van der Waals surface area contributed by atoms with Gasteiger partial charge in [0.05, 0.1) is 0 Å². The molecule has 1 aromatic carbocycles. The summed E-state index contributed by atoms with van der Waals surface area (Å²) in [6, 6.07) is 10.4. The standard InChI is InChI=1S/C9H12N.C2H6.Rb/c1-10-8-7-9-5-3-2-4-6-9;1-2;/h2-6H,7-8H2,1H3;1-2H3;/q-1;;+1. The summed E-state index contributed by atoms with van der Waals surface area (Å²) in [4.78, 5) is 0. The van der Waals surface area contributed by atoms with Gasteiger partial charge in [0, 0.05) is 0 Å². The number of nitrogens with zero attached hydrogens (tertiary/aromatic N) is 1. The quantitative estimate of drug-likeness (QED) is 0.730. The van der Waals surface area contributed by atoms with Crippen molar-refractivity contribution >= 4 is 0 Å². The van der Waals surface area contributed by atoms with E-state index in [0.717, 1.165) is 13.0 Å². The van der Waals surface area contributed by atoms with Crippen LogP contribution in [0.2, 0.25) is 0 Å². The van der Waals surface area contributed by atoms with Crippen LogP contribution in [-0.4, -0.2) is 13.6 Å². The monoisotopic (exact) mass is 249 g/mol. The molecule has 1 rings (SSSR count). The maximum absolute atomic E-state index is 4.03. The molecule has 0 aliphatic carbocycles. The average molecular weight is 250 g/mol. The summed E-state index contributed by atoms with van der Waals surface area (Å²) in [7, 11) is 1.85. The first-order chi connectivity index (χ1) is 5.93. The third kappa shape index (κ3) is 9.29. The van der Waals surface area contributed by atoms with Crippen molar-refractivity contribution in [2.75, 3.05) is 13.6 Å². The molecule has 0 unspecified atom stereocenters. The van der Waals surface area contributed by atoms with Crippen LogP contribution in [0.1, 0.15) is 19.4 Å². The van der Waals surface area contributed by atoms with Crippen LogP contribution in [0, 0.1) is 0 Å². The van der Waals surface area contributed by atoms with E-state index < -0.39 is 0 Å². The first-order valence-corrected chi connectivity index (χ1v) is 4.53. The fourth-order valence-electron chi connectivity index (χ4n) is 0.886. The van der Waals surface area contributed by atoms with Gasteiger partial charge in [-0.2, -0.15) is 7.05 Å². The second-order valence-corrected chi connectivity index (χ2v) is 2.28. The predicted octanol–water partition coefficient (Wildman–Crippen LogP) is 0.263. The number of rotatable bonds is 3. The molecule has 0 aliphatic rings. The van der Waals surface area contributed by atoms with Gasteiger partial charge in [-0.15, -0.1) is 6.54 Å². The first-order valence-electron chi connectivity index (χ1n) is 4.53. The molecule has 0 saturated carbocycles. The summed E-state index contributed by atoms with van der Waals surface area (Å²) < 4.78 is 0. The summed E-state index contributed by atoms with van der Waals surface area (Å²) in [5, 5.41) is 4.03. The Morgan fingerprint density at radius 3 is 2.08 bits per heavy atom. The maximum atomic E-state index is 4.03. The van der Waals surface area contributed by atoms with E-state index in [9.17, 15) is 0 Å². The van der Waals surface area contributed by atoms with Gasteiger partial charge in [-0.05, 0) is 12.0 Å². The topological polar surface area (TPSA) is 14.1 Å². The second kappa shape index (κ2) is 13.0. The summed E-state index contributed by atoms with van der Waals surface area (Å²) in [6.07, 6.45) is 1.07. The Hall–Kier alpha value is 0.985. The maximum Gasteiger partial charge on any atom is 1.00 e. The van der Waals surface area contributed by atoms with Gasteiger partial charge in [-0.3, -0.25) is 0 Å². The van der Waals surface area contributed by atoms with E-state index in [1.807, 2.05) is 27.0 Å². The molecule has 13 heavy (non-hydrogen) atoms. The molecule has 0 N–H and O–H groups in total. The van der Waals surface area contributed by atoms with Crippen molar-refractivity contribution < 1.29 is 58.2 Å². The molecule has 0 aromatic heterocycles. The zero-order valence-corrected chi connectivity index (χ0v) is 14.2. The second-order valence-electron chi connectivity index (χ2n) is 2.28. The first kappa shape index (κ1) is 16.4. The molecule has 0 saturated heterocycles. The number of likely N-dealkylation sites (N-methyl/N-ethyl adjacent to an activating group) is 1. The molecule has 0 atom stereocenters. The molecule has 0 aliphatic heterocycles. The molecule has 0 fully saturated rings. The van der Waals surface area contributed by atoms with Gasteiger partial charge in [0.1, 0.15) is 0 Å². The van der Waals surface area contributed by atoms with E-state index in [0.29, 0.717) is 0 Å². The van der Waals surface area contributed by atoms with Crippen molar-refractivity contribution in [2.24, 2.45) is 0 Å². The smallest absolute Gasteiger partial charge is 0.665 e. The van der Waals surface area contributed by atoms with Crippen molar-refractivity contribution in [2.45, 2.75) is 20.3 Å². The predicted molar refractivity (Wildman–Crippen MR) is 55.6 cm³/mol. The van der Waals surface area contributed by atoms with Crippen molar-refractivity contribution in [3.63, 3.8) is 0 Å². The summed E-state index contributed by atoms with van der Waals surface area (Å²) in [6.45, 7) is 4.93. The SMILES string of the molecule is CC.C[N-]CCc1ccccc1.[Rb+]. The van der Waals surface area contributed by atoms with E-state index in [2.05, 4.69) is 29.6 Å². The number of benzene rings is 1. The third-order valence-corrected chi connectivity index (χ3v) is 1.47. The van der Waals surface area contributed by atoms with Crippen LogP contribution >= 0.6 is 0 Å². The molecule has 0 heterocycles. The normalized spacial score (nSPS) is 7.92. The molecular weight excluding hydrogens is 232 g/mol. The van der Waals surface area contributed by atoms with Gasteiger partial charge >= 0.3 is 58.2 Å². The van der Waals surface area contributed by atoms with Gasteiger partial charge in [0.25, 0.3) is 0 Å². The van der Waals surface area contributed by atoms with Crippen molar-refractivity contribution in [1.82, 2.24) is 0 Å². The molecule has 0 spiro atoms. The van der Waals surface area contributed by atoms with Crippen molar-refractivity contribution in [1.29, 1.82) is 0 Å². The van der Waals surface area contributed by atoms with Gasteiger partial charge in [0.2, 0.25) is 0 Å². The summed E-state index contributed by atoms with van der Waals surface area (Å²) in [5.74, 6) is 0. The fourth-order valence-corrected chi connectivity index (χ4v) is 0.886. The van der Waals surface area contributed by atoms with Crippen LogP contribution in [0.5, 0.6) is 0 Å². The number of hydrogen-bond donors (Lipinski definition) is 0. The largest absolute Gasteiger partial charge is 1.00 e. The van der Waals surface area contributed by atoms with Gasteiger partial charge in [-0.25, -0.2) is 0 Å². The van der Waals surface area contributed by atoms with Crippen molar-refractivity contribution in [3.8, 4) is 0 Å². The van der Waals surface area contributed by atoms with Crippen molar-refractivity contribution in [3.05, 3.63) is 41.2 Å². The van der Waals surface area contributed by atoms with E-state index >= 15 is 0 Å². The van der Waals surface area contributed by atoms with Gasteiger partial charge in [-0.1, -0.05) is 44.2 Å². The third-order valence-electron chi connectivity index (χ3n) is 1.47. The van der Waals surface area contributed by atoms with E-state index in [1.54, 1.807) is 0 Å². The van der Waals surface area contributed by atoms with E-state index in [1.165, 1.54) is 5.56 Å². The van der Waals surface area contributed by atoms with E-state index in [4.69, 9.17) is 0 Å². The van der Waals surface area contributed by atoms with Crippen LogP contribution in [0.15, 0.2) is 30.3 Å². The van der Waals surface area contributed by atoms with Crippen LogP contribution in [0.4, 0.5) is 0 Å². The average Bonchev–Trinajstić information content (AvgIpc) is 2.19. The molecule has 0 bridgehead atoms. The van der Waals surface area contributed by atoms with E-state index in [-0.39, 0.29) is 58.2 Å². The molecule has 1 aromatic rings. The summed E-state index contributed by atoms with van der Waals surface area (Å²) >= 11 is 0. The molecule has 2 heteroatoms. The fraction of sp³-hybridized carbons (Fsp3) is 0.455. The van der Waals surface area contributed by atoms with Crippen LogP contribution < -0.4 is 58.2 Å². The Labute approximate surface area is 131 Å². The van der Waals surface area contributed by atoms with Crippen LogP contribution in [0.3, 0.4) is 0 Å². The molecule has 0 amide bonds. The Balaban J connectivity index is 0. The minimum absolute atomic E-state index is 0. The minimum Gasteiger partial charge on any atom is -0.665 e. The molecule has 0 radical (unpaired) electrons. The number of hydrogen-bond acceptors (Lipinski definition) is 0. The van der Waals surface area contributed by atoms with Crippen LogP contribution in [-0.2, 0) is 6.42 Å². The summed E-state index contributed by atoms with van der Waals surface area (Å²) in [5.41, 5.74) is 1.37. The minimum atomic E-state index is 0. The van der Waals surface area contributed by atoms with Gasteiger partial charge in [0.15, 0.2) is 0 Å². The molecule has 1 nitrogen and oxygen atoms in total. The Morgan fingerprint density at radius 1 is 1.08 bits per heavy atom. The Morgan fingerprint density at radius 2 is 1.62 bits per heavy atom. The zero-order chi connectivity index (χ0) is 9.23. The Bertz CT molecular complexity index is 175. The zero-order valence-electron chi connectivity index (χ0n) is 9.25. The Kier molecular flexibility index (Phi) is 16.4.